The van der Waals surface area contributed by atoms with Crippen molar-refractivity contribution in [1.82, 2.24) is 0 Å². The maximum Gasteiger partial charge on any atom is 0.247 e. The maximum absolute atomic E-state index is 12.1. The third kappa shape index (κ3) is 3.22. The molecular formula is C16H16BrClN2O. The van der Waals surface area contributed by atoms with Gasteiger partial charge >= 0.3 is 0 Å². The monoisotopic (exact) mass is 366 g/mol. The molecule has 21 heavy (non-hydrogen) atoms. The van der Waals surface area contributed by atoms with Gasteiger partial charge in [0.25, 0.3) is 0 Å². The summed E-state index contributed by atoms with van der Waals surface area (Å²) in [5, 5.41) is 3.70. The molecular weight excluding hydrogens is 352 g/mol. The molecule has 1 unspecified atom stereocenters. The Kier molecular flexibility index (Phi) is 4.59. The van der Waals surface area contributed by atoms with Gasteiger partial charge < -0.3 is 11.1 Å². The van der Waals surface area contributed by atoms with E-state index in [1.165, 1.54) is 0 Å². The molecule has 2 aromatic rings. The first kappa shape index (κ1) is 15.9. The van der Waals surface area contributed by atoms with E-state index in [-0.39, 0.29) is 0 Å². The summed E-state index contributed by atoms with van der Waals surface area (Å²) in [6, 6.07) is 13.1. The number of hydrogen-bond donors (Lipinski definition) is 2. The molecule has 0 aromatic heterocycles. The van der Waals surface area contributed by atoms with Gasteiger partial charge in [0.1, 0.15) is 5.54 Å². The molecule has 0 heterocycles. The van der Waals surface area contributed by atoms with Crippen LogP contribution in [-0.2, 0) is 10.3 Å². The van der Waals surface area contributed by atoms with Crippen LogP contribution in [0.1, 0.15) is 18.1 Å². The van der Waals surface area contributed by atoms with Crippen LogP contribution < -0.4 is 11.1 Å². The van der Waals surface area contributed by atoms with Gasteiger partial charge in [-0.05, 0) is 37.6 Å². The van der Waals surface area contributed by atoms with Crippen LogP contribution in [-0.4, -0.2) is 5.91 Å². The summed E-state index contributed by atoms with van der Waals surface area (Å²) < 4.78 is 0.846. The number of nitrogens with one attached hydrogen (secondary N) is 1. The van der Waals surface area contributed by atoms with Crippen molar-refractivity contribution >= 4 is 39.1 Å². The molecule has 0 spiro atoms. The smallest absolute Gasteiger partial charge is 0.247 e. The van der Waals surface area contributed by atoms with Crippen LogP contribution in [0.2, 0.25) is 5.02 Å². The highest BCUT2D eigenvalue weighted by Crippen LogP contribution is 2.34. The lowest BCUT2D eigenvalue weighted by molar-refractivity contribution is -0.122. The molecule has 1 atom stereocenters. The number of hydrogen-bond acceptors (Lipinski definition) is 2. The molecule has 3 N–H and O–H groups in total. The Morgan fingerprint density at radius 1 is 1.29 bits per heavy atom. The molecule has 1 amide bonds. The maximum atomic E-state index is 12.1. The highest BCUT2D eigenvalue weighted by molar-refractivity contribution is 9.10. The lowest BCUT2D eigenvalue weighted by Gasteiger charge is -2.30. The number of halogens is 2. The molecule has 5 heteroatoms. The Morgan fingerprint density at radius 2 is 1.95 bits per heavy atom. The largest absolute Gasteiger partial charge is 0.368 e. The first-order chi connectivity index (χ1) is 9.84. The molecule has 110 valence electrons. The van der Waals surface area contributed by atoms with E-state index in [9.17, 15) is 4.79 Å². The minimum atomic E-state index is -1.09. The molecule has 0 radical (unpaired) electrons. The first-order valence-electron chi connectivity index (χ1n) is 6.44. The van der Waals surface area contributed by atoms with E-state index >= 15 is 0 Å². The number of para-hydroxylation sites is 1. The molecule has 0 aliphatic carbocycles. The predicted octanol–water partition coefficient (Wildman–Crippen LogP) is 4.22. The van der Waals surface area contributed by atoms with Crippen LogP contribution in [0.3, 0.4) is 0 Å². The van der Waals surface area contributed by atoms with E-state index in [0.29, 0.717) is 10.6 Å². The SMILES string of the molecule is Cc1ccccc1NC(C)(C(N)=O)c1ccc(Br)cc1Cl. The molecule has 3 nitrogen and oxygen atoms in total. The topological polar surface area (TPSA) is 55.1 Å². The number of carbonyl (C=O) groups is 1. The zero-order valence-corrected chi connectivity index (χ0v) is 14.1. The number of amides is 1. The van der Waals surface area contributed by atoms with Crippen molar-refractivity contribution in [1.29, 1.82) is 0 Å². The van der Waals surface area contributed by atoms with Gasteiger partial charge in [0.15, 0.2) is 0 Å². The summed E-state index contributed by atoms with van der Waals surface area (Å²) in [6.07, 6.45) is 0. The predicted molar refractivity (Wildman–Crippen MR) is 90.5 cm³/mol. The molecule has 0 bridgehead atoms. The molecule has 0 saturated carbocycles. The summed E-state index contributed by atoms with van der Waals surface area (Å²) >= 11 is 9.64. The van der Waals surface area contributed by atoms with Crippen LogP contribution in [0, 0.1) is 6.92 Å². The Balaban J connectivity index is 2.51. The number of nitrogens with two attached hydrogens (primary N) is 1. The highest BCUT2D eigenvalue weighted by atomic mass is 79.9. The minimum absolute atomic E-state index is 0.478. The third-order valence-electron chi connectivity index (χ3n) is 3.49. The molecule has 0 fully saturated rings. The lowest BCUT2D eigenvalue weighted by Crippen LogP contribution is -2.45. The van der Waals surface area contributed by atoms with Crippen molar-refractivity contribution in [2.45, 2.75) is 19.4 Å². The Labute approximate surface area is 137 Å². The number of aryl methyl sites for hydroxylation is 1. The number of benzene rings is 2. The molecule has 0 saturated heterocycles. The van der Waals surface area contributed by atoms with E-state index in [1.807, 2.05) is 37.3 Å². The second kappa shape index (κ2) is 6.08. The number of primary amides is 1. The van der Waals surface area contributed by atoms with Crippen LogP contribution in [0.5, 0.6) is 0 Å². The molecule has 0 aliphatic heterocycles. The van der Waals surface area contributed by atoms with Gasteiger partial charge in [-0.1, -0.05) is 51.8 Å². The number of anilines is 1. The fourth-order valence-corrected chi connectivity index (χ4v) is 3.00. The van der Waals surface area contributed by atoms with Gasteiger partial charge in [-0.3, -0.25) is 4.79 Å². The second-order valence-corrected chi connectivity index (χ2v) is 6.38. The zero-order valence-electron chi connectivity index (χ0n) is 11.8. The lowest BCUT2D eigenvalue weighted by atomic mass is 9.90. The summed E-state index contributed by atoms with van der Waals surface area (Å²) in [4.78, 5) is 12.1. The average molecular weight is 368 g/mol. The Hall–Kier alpha value is -1.52. The van der Waals surface area contributed by atoms with E-state index in [0.717, 1.165) is 15.7 Å². The van der Waals surface area contributed by atoms with Crippen LogP contribution in [0.15, 0.2) is 46.9 Å². The van der Waals surface area contributed by atoms with E-state index in [4.69, 9.17) is 17.3 Å². The van der Waals surface area contributed by atoms with Gasteiger partial charge in [-0.15, -0.1) is 0 Å². The van der Waals surface area contributed by atoms with E-state index in [1.54, 1.807) is 19.1 Å². The van der Waals surface area contributed by atoms with Crippen molar-refractivity contribution < 1.29 is 4.79 Å². The van der Waals surface area contributed by atoms with Crippen molar-refractivity contribution in [3.63, 3.8) is 0 Å². The summed E-state index contributed by atoms with van der Waals surface area (Å²) in [5.41, 5.74) is 7.06. The third-order valence-corrected chi connectivity index (χ3v) is 4.30. The van der Waals surface area contributed by atoms with Crippen LogP contribution >= 0.6 is 27.5 Å². The summed E-state index contributed by atoms with van der Waals surface area (Å²) in [7, 11) is 0. The summed E-state index contributed by atoms with van der Waals surface area (Å²) in [5.74, 6) is -0.491. The van der Waals surface area contributed by atoms with Crippen LogP contribution in [0.4, 0.5) is 5.69 Å². The minimum Gasteiger partial charge on any atom is -0.368 e. The van der Waals surface area contributed by atoms with Crippen molar-refractivity contribution in [3.05, 3.63) is 63.1 Å². The molecule has 2 aromatic carbocycles. The van der Waals surface area contributed by atoms with Crippen molar-refractivity contribution in [3.8, 4) is 0 Å². The van der Waals surface area contributed by atoms with Crippen LogP contribution in [0.25, 0.3) is 0 Å². The number of carbonyl (C=O) groups excluding carboxylic acids is 1. The van der Waals surface area contributed by atoms with E-state index < -0.39 is 11.4 Å². The van der Waals surface area contributed by atoms with Gasteiger partial charge in [0.2, 0.25) is 5.91 Å². The second-order valence-electron chi connectivity index (χ2n) is 5.05. The summed E-state index contributed by atoms with van der Waals surface area (Å²) in [6.45, 7) is 3.70. The normalized spacial score (nSPS) is 13.5. The zero-order chi connectivity index (χ0) is 15.6. The van der Waals surface area contributed by atoms with Crippen molar-refractivity contribution in [2.24, 2.45) is 5.73 Å². The first-order valence-corrected chi connectivity index (χ1v) is 7.61. The van der Waals surface area contributed by atoms with Gasteiger partial charge in [0.05, 0.1) is 0 Å². The highest BCUT2D eigenvalue weighted by Gasteiger charge is 2.35. The van der Waals surface area contributed by atoms with Crippen molar-refractivity contribution in [2.75, 3.05) is 5.32 Å². The Morgan fingerprint density at radius 3 is 2.52 bits per heavy atom. The molecule has 0 aliphatic rings. The quantitative estimate of drug-likeness (QED) is 0.850. The van der Waals surface area contributed by atoms with Gasteiger partial charge in [-0.25, -0.2) is 0 Å². The van der Waals surface area contributed by atoms with Gasteiger partial charge in [0, 0.05) is 20.7 Å². The fraction of sp³-hybridized carbons (Fsp3) is 0.188. The Bertz CT molecular complexity index is 690. The standard InChI is InChI=1S/C16H16BrClN2O/c1-10-5-3-4-6-14(10)20-16(2,15(19)21)12-8-7-11(17)9-13(12)18/h3-9,20H,1-2H3,(H2,19,21). The van der Waals surface area contributed by atoms with Gasteiger partial charge in [-0.2, -0.15) is 0 Å². The fourth-order valence-electron chi connectivity index (χ4n) is 2.14. The number of rotatable bonds is 4. The molecule has 2 rings (SSSR count). The average Bonchev–Trinajstić information content (AvgIpc) is 2.41. The van der Waals surface area contributed by atoms with E-state index in [2.05, 4.69) is 21.2 Å².